The molecule has 0 bridgehead atoms. The molecule has 29 heavy (non-hydrogen) atoms. The van der Waals surface area contributed by atoms with Crippen LogP contribution in [-0.2, 0) is 9.53 Å². The van der Waals surface area contributed by atoms with E-state index in [4.69, 9.17) is 4.74 Å². The van der Waals surface area contributed by atoms with Gasteiger partial charge in [-0.2, -0.15) is 0 Å². The van der Waals surface area contributed by atoms with Gasteiger partial charge < -0.3 is 25.6 Å². The molecule has 1 atom stereocenters. The van der Waals surface area contributed by atoms with Crippen molar-refractivity contribution in [2.45, 2.75) is 52.2 Å². The Morgan fingerprint density at radius 1 is 1.34 bits per heavy atom. The summed E-state index contributed by atoms with van der Waals surface area (Å²) in [6.45, 7) is 9.99. The number of carbonyl (C=O) groups is 3. The van der Waals surface area contributed by atoms with E-state index < -0.39 is 5.60 Å². The normalized spacial score (nSPS) is 20.1. The number of nitrogens with one attached hydrogen (secondary N) is 3. The number of hydrogen-bond acceptors (Lipinski definition) is 5. The quantitative estimate of drug-likeness (QED) is 0.215. The first kappa shape index (κ1) is 25.2. The van der Waals surface area contributed by atoms with Crippen molar-refractivity contribution in [2.24, 2.45) is 4.99 Å². The molecule has 2 heterocycles. The van der Waals surface area contributed by atoms with Gasteiger partial charge in [-0.05, 0) is 40.5 Å². The zero-order valence-electron chi connectivity index (χ0n) is 17.6. The van der Waals surface area contributed by atoms with E-state index in [-0.39, 0.29) is 61.1 Å². The number of ether oxygens (including phenoxy) is 1. The van der Waals surface area contributed by atoms with Gasteiger partial charge in [0, 0.05) is 25.7 Å². The van der Waals surface area contributed by atoms with Gasteiger partial charge in [-0.15, -0.1) is 24.0 Å². The third-order valence-corrected chi connectivity index (χ3v) is 4.29. The minimum Gasteiger partial charge on any atom is -0.444 e. The SMILES string of the molecule is CCNC(=NCCN1C(=O)CNC1=O)NC1CCCN(C(=O)OC(C)(C)C)C1.I. The number of hydrogen-bond donors (Lipinski definition) is 3. The molecule has 2 rings (SSSR count). The highest BCUT2D eigenvalue weighted by Crippen LogP contribution is 2.15. The maximum atomic E-state index is 12.3. The number of halogens is 1. The second-order valence-electron chi connectivity index (χ2n) is 7.87. The zero-order valence-corrected chi connectivity index (χ0v) is 19.9. The van der Waals surface area contributed by atoms with Gasteiger partial charge in [-0.3, -0.25) is 14.7 Å². The van der Waals surface area contributed by atoms with E-state index in [1.165, 1.54) is 0 Å². The maximum Gasteiger partial charge on any atom is 0.410 e. The third-order valence-electron chi connectivity index (χ3n) is 4.29. The van der Waals surface area contributed by atoms with Crippen LogP contribution in [0.3, 0.4) is 0 Å². The van der Waals surface area contributed by atoms with Crippen molar-refractivity contribution in [3.05, 3.63) is 0 Å². The average Bonchev–Trinajstić information content (AvgIpc) is 2.92. The van der Waals surface area contributed by atoms with Crippen molar-refractivity contribution in [3.8, 4) is 0 Å². The van der Waals surface area contributed by atoms with Crippen LogP contribution in [0, 0.1) is 0 Å². The molecule has 0 saturated carbocycles. The lowest BCUT2D eigenvalue weighted by atomic mass is 10.1. The zero-order chi connectivity index (χ0) is 20.7. The van der Waals surface area contributed by atoms with Crippen molar-refractivity contribution in [1.29, 1.82) is 0 Å². The van der Waals surface area contributed by atoms with E-state index in [0.717, 1.165) is 17.7 Å². The first-order chi connectivity index (χ1) is 13.2. The Balaban J connectivity index is 0.00000420. The fourth-order valence-electron chi connectivity index (χ4n) is 3.04. The molecule has 4 amide bonds. The van der Waals surface area contributed by atoms with Gasteiger partial charge in [-0.25, -0.2) is 9.59 Å². The van der Waals surface area contributed by atoms with Crippen molar-refractivity contribution in [3.63, 3.8) is 0 Å². The standard InChI is InChI=1S/C18H32N6O4.HI/c1-5-19-15(20-8-10-24-14(25)11-21-16(24)26)22-13-7-6-9-23(12-13)17(27)28-18(2,3)4;/h13H,5-12H2,1-4H3,(H,21,26)(H2,19,20,22);1H. The van der Waals surface area contributed by atoms with Gasteiger partial charge in [0.1, 0.15) is 5.60 Å². The van der Waals surface area contributed by atoms with Crippen LogP contribution >= 0.6 is 24.0 Å². The van der Waals surface area contributed by atoms with E-state index in [1.807, 2.05) is 27.7 Å². The van der Waals surface area contributed by atoms with E-state index in [1.54, 1.807) is 4.90 Å². The number of likely N-dealkylation sites (tertiary alicyclic amines) is 1. The number of nitrogens with zero attached hydrogens (tertiary/aromatic N) is 3. The van der Waals surface area contributed by atoms with Gasteiger partial charge in [-0.1, -0.05) is 0 Å². The summed E-state index contributed by atoms with van der Waals surface area (Å²) < 4.78 is 5.46. The number of rotatable bonds is 5. The van der Waals surface area contributed by atoms with Gasteiger partial charge in [0.05, 0.1) is 19.6 Å². The molecule has 2 aliphatic heterocycles. The largest absolute Gasteiger partial charge is 0.444 e. The highest BCUT2D eigenvalue weighted by molar-refractivity contribution is 14.0. The lowest BCUT2D eigenvalue weighted by molar-refractivity contribution is -0.124. The third kappa shape index (κ3) is 8.23. The summed E-state index contributed by atoms with van der Waals surface area (Å²) in [6, 6.07) is -0.325. The molecule has 2 aliphatic rings. The van der Waals surface area contributed by atoms with Crippen molar-refractivity contribution >= 4 is 48.0 Å². The van der Waals surface area contributed by atoms with Crippen LogP contribution in [0.4, 0.5) is 9.59 Å². The highest BCUT2D eigenvalue weighted by atomic mass is 127. The highest BCUT2D eigenvalue weighted by Gasteiger charge is 2.29. The second-order valence-corrected chi connectivity index (χ2v) is 7.87. The summed E-state index contributed by atoms with van der Waals surface area (Å²) in [7, 11) is 0. The van der Waals surface area contributed by atoms with Gasteiger partial charge in [0.25, 0.3) is 0 Å². The molecule has 0 spiro atoms. The Morgan fingerprint density at radius 3 is 2.66 bits per heavy atom. The Kier molecular flexibility index (Phi) is 9.93. The molecule has 0 aromatic carbocycles. The van der Waals surface area contributed by atoms with E-state index in [9.17, 15) is 14.4 Å². The van der Waals surface area contributed by atoms with Crippen LogP contribution in [0.15, 0.2) is 4.99 Å². The monoisotopic (exact) mass is 524 g/mol. The number of aliphatic imine (C=N–C) groups is 1. The number of imide groups is 1. The van der Waals surface area contributed by atoms with Crippen LogP contribution < -0.4 is 16.0 Å². The van der Waals surface area contributed by atoms with Crippen LogP contribution in [0.2, 0.25) is 0 Å². The molecule has 3 N–H and O–H groups in total. The molecule has 166 valence electrons. The predicted molar refractivity (Wildman–Crippen MR) is 120 cm³/mol. The lowest BCUT2D eigenvalue weighted by Crippen LogP contribution is -2.53. The summed E-state index contributed by atoms with van der Waals surface area (Å²) in [4.78, 5) is 42.8. The number of amides is 4. The Bertz CT molecular complexity index is 606. The fraction of sp³-hybridized carbons (Fsp3) is 0.778. The lowest BCUT2D eigenvalue weighted by Gasteiger charge is -2.35. The van der Waals surface area contributed by atoms with Gasteiger partial charge in [0.15, 0.2) is 5.96 Å². The molecule has 0 aromatic rings. The van der Waals surface area contributed by atoms with Crippen LogP contribution in [0.25, 0.3) is 0 Å². The fourth-order valence-corrected chi connectivity index (χ4v) is 3.04. The number of carbonyl (C=O) groups excluding carboxylic acids is 3. The topological polar surface area (TPSA) is 115 Å². The smallest absolute Gasteiger partial charge is 0.410 e. The first-order valence-electron chi connectivity index (χ1n) is 9.80. The predicted octanol–water partition coefficient (Wildman–Crippen LogP) is 1.11. The Hall–Kier alpha value is -1.79. The van der Waals surface area contributed by atoms with Crippen molar-refractivity contribution in [1.82, 2.24) is 25.8 Å². The Labute approximate surface area is 189 Å². The number of piperidine rings is 1. The van der Waals surface area contributed by atoms with E-state index >= 15 is 0 Å². The van der Waals surface area contributed by atoms with Gasteiger partial charge >= 0.3 is 12.1 Å². The molecule has 0 radical (unpaired) electrons. The summed E-state index contributed by atoms with van der Waals surface area (Å²) in [5.41, 5.74) is -0.521. The Morgan fingerprint density at radius 2 is 2.07 bits per heavy atom. The summed E-state index contributed by atoms with van der Waals surface area (Å²) in [5, 5.41) is 8.99. The van der Waals surface area contributed by atoms with Crippen molar-refractivity contribution < 1.29 is 19.1 Å². The van der Waals surface area contributed by atoms with Gasteiger partial charge in [0.2, 0.25) is 5.91 Å². The van der Waals surface area contributed by atoms with Crippen LogP contribution in [0.5, 0.6) is 0 Å². The molecule has 2 saturated heterocycles. The second kappa shape index (κ2) is 11.4. The molecular weight excluding hydrogens is 491 g/mol. The summed E-state index contributed by atoms with van der Waals surface area (Å²) in [6.07, 6.45) is 1.48. The molecule has 0 aromatic heterocycles. The van der Waals surface area contributed by atoms with Crippen molar-refractivity contribution in [2.75, 3.05) is 39.3 Å². The first-order valence-corrected chi connectivity index (χ1v) is 9.80. The molecule has 11 heteroatoms. The molecule has 1 unspecified atom stereocenters. The number of urea groups is 1. The maximum absolute atomic E-state index is 12.3. The summed E-state index contributed by atoms with van der Waals surface area (Å²) >= 11 is 0. The molecule has 10 nitrogen and oxygen atoms in total. The van der Waals surface area contributed by atoms with E-state index in [0.29, 0.717) is 32.1 Å². The van der Waals surface area contributed by atoms with E-state index in [2.05, 4.69) is 20.9 Å². The average molecular weight is 524 g/mol. The minimum absolute atomic E-state index is 0. The summed E-state index contributed by atoms with van der Waals surface area (Å²) in [5.74, 6) is 0.365. The number of guanidine groups is 1. The molecular formula is C18H33IN6O4. The minimum atomic E-state index is -0.521. The molecule has 0 aliphatic carbocycles. The van der Waals surface area contributed by atoms with Crippen LogP contribution in [0.1, 0.15) is 40.5 Å². The molecule has 2 fully saturated rings. The van der Waals surface area contributed by atoms with Crippen LogP contribution in [-0.4, -0.2) is 84.7 Å².